The number of rotatable bonds is 15. The summed E-state index contributed by atoms with van der Waals surface area (Å²) in [7, 11) is 0. The van der Waals surface area contributed by atoms with Gasteiger partial charge < -0.3 is 23.7 Å². The first kappa shape index (κ1) is 45.8. The smallest absolute Gasteiger partial charge is 0.211 e. The SMILES string of the molecule is Cc1cc(C)c(COc2c(C)c(OCc3c(C)cc(C)cc3C)c(OCc3c(C)cc(C)cc3C)c(OCc3c(C)cc(C)cc3C)c2OCc2c(C)cc(C)cc2C)c(C)c1. The fourth-order valence-corrected chi connectivity index (χ4v) is 9.40. The van der Waals surface area contributed by atoms with Crippen LogP contribution in [0.1, 0.15) is 117 Å². The van der Waals surface area contributed by atoms with E-state index in [0.29, 0.717) is 61.8 Å². The van der Waals surface area contributed by atoms with Gasteiger partial charge in [0.05, 0.1) is 0 Å². The van der Waals surface area contributed by atoms with Gasteiger partial charge in [-0.3, -0.25) is 0 Å². The van der Waals surface area contributed by atoms with Gasteiger partial charge in [-0.2, -0.15) is 0 Å². The first-order valence-corrected chi connectivity index (χ1v) is 22.0. The monoisotopic (exact) mass is 833 g/mol. The molecule has 0 bridgehead atoms. The van der Waals surface area contributed by atoms with Crippen LogP contribution in [0.15, 0.2) is 60.7 Å². The fraction of sp³-hybridized carbons (Fsp3) is 0.368. The number of benzene rings is 6. The summed E-state index contributed by atoms with van der Waals surface area (Å²) >= 11 is 0. The first-order chi connectivity index (χ1) is 29.3. The molecule has 0 aliphatic rings. The number of ether oxygens (including phenoxy) is 5. The highest BCUT2D eigenvalue weighted by Gasteiger charge is 2.31. The molecule has 5 nitrogen and oxygen atoms in total. The second-order valence-corrected chi connectivity index (χ2v) is 18.1. The van der Waals surface area contributed by atoms with E-state index in [9.17, 15) is 0 Å². The van der Waals surface area contributed by atoms with E-state index in [1.165, 1.54) is 83.5 Å². The Morgan fingerprint density at radius 3 is 0.548 bits per heavy atom. The van der Waals surface area contributed by atoms with Crippen LogP contribution in [0.5, 0.6) is 28.7 Å². The Labute approximate surface area is 372 Å². The van der Waals surface area contributed by atoms with Crippen LogP contribution in [0.25, 0.3) is 0 Å². The molecule has 0 heterocycles. The third-order valence-electron chi connectivity index (χ3n) is 12.5. The molecule has 0 spiro atoms. The largest absolute Gasteiger partial charge is 0.484 e. The Morgan fingerprint density at radius 1 is 0.226 bits per heavy atom. The Balaban J connectivity index is 1.61. The van der Waals surface area contributed by atoms with E-state index in [4.69, 9.17) is 23.7 Å². The normalized spacial score (nSPS) is 11.2. The lowest BCUT2D eigenvalue weighted by molar-refractivity contribution is 0.198. The van der Waals surface area contributed by atoms with Gasteiger partial charge in [-0.25, -0.2) is 0 Å². The Bertz CT molecular complexity index is 2380. The van der Waals surface area contributed by atoms with Crippen LogP contribution in [0.3, 0.4) is 0 Å². The number of aryl methyl sites for hydroxylation is 15. The predicted molar refractivity (Wildman–Crippen MR) is 256 cm³/mol. The number of hydrogen-bond acceptors (Lipinski definition) is 5. The summed E-state index contributed by atoms with van der Waals surface area (Å²) in [6, 6.07) is 22.1. The number of hydrogen-bond donors (Lipinski definition) is 0. The maximum absolute atomic E-state index is 7.15. The summed E-state index contributed by atoms with van der Waals surface area (Å²) < 4.78 is 35.5. The zero-order valence-electron chi connectivity index (χ0n) is 40.4. The van der Waals surface area contributed by atoms with Gasteiger partial charge in [-0.15, -0.1) is 0 Å². The van der Waals surface area contributed by atoms with E-state index in [2.05, 4.69) is 171 Å². The van der Waals surface area contributed by atoms with Gasteiger partial charge in [-0.05, 0) is 194 Å². The molecule has 0 fully saturated rings. The van der Waals surface area contributed by atoms with E-state index in [0.717, 1.165) is 33.4 Å². The predicted octanol–water partition coefficient (Wildman–Crippen LogP) is 14.5. The molecule has 62 heavy (non-hydrogen) atoms. The molecule has 0 aliphatic heterocycles. The molecule has 0 amide bonds. The second-order valence-electron chi connectivity index (χ2n) is 18.1. The van der Waals surface area contributed by atoms with Gasteiger partial charge in [0.1, 0.15) is 33.0 Å². The molecule has 5 heteroatoms. The molecule has 0 unspecified atom stereocenters. The molecule has 0 saturated heterocycles. The van der Waals surface area contributed by atoms with E-state index < -0.39 is 0 Å². The van der Waals surface area contributed by atoms with Crippen molar-refractivity contribution in [2.24, 2.45) is 0 Å². The lowest BCUT2D eigenvalue weighted by atomic mass is 10.00. The van der Waals surface area contributed by atoms with Gasteiger partial charge in [0.25, 0.3) is 0 Å². The van der Waals surface area contributed by atoms with Crippen molar-refractivity contribution in [2.45, 2.75) is 144 Å². The van der Waals surface area contributed by atoms with E-state index in [1.54, 1.807) is 0 Å². The highest BCUT2D eigenvalue weighted by atomic mass is 16.6. The Hall–Kier alpha value is -5.68. The van der Waals surface area contributed by atoms with E-state index >= 15 is 0 Å². The molecule has 0 aromatic heterocycles. The molecule has 0 N–H and O–H groups in total. The van der Waals surface area contributed by atoms with Crippen LogP contribution >= 0.6 is 0 Å². The average Bonchev–Trinajstić information content (AvgIpc) is 3.15. The summed E-state index contributed by atoms with van der Waals surface area (Å²) in [5.41, 5.74) is 24.3. The van der Waals surface area contributed by atoms with Gasteiger partial charge in [0, 0.05) is 5.56 Å². The Kier molecular flexibility index (Phi) is 14.2. The highest BCUT2D eigenvalue weighted by molar-refractivity contribution is 5.70. The van der Waals surface area contributed by atoms with Crippen LogP contribution in [0.2, 0.25) is 0 Å². The van der Waals surface area contributed by atoms with Gasteiger partial charge in [-0.1, -0.05) is 88.5 Å². The van der Waals surface area contributed by atoms with E-state index in [-0.39, 0.29) is 0 Å². The highest BCUT2D eigenvalue weighted by Crippen LogP contribution is 2.55. The minimum atomic E-state index is 0.296. The fourth-order valence-electron chi connectivity index (χ4n) is 9.40. The molecule has 326 valence electrons. The topological polar surface area (TPSA) is 46.2 Å². The van der Waals surface area contributed by atoms with Crippen molar-refractivity contribution in [3.8, 4) is 28.7 Å². The molecule has 6 rings (SSSR count). The quantitative estimate of drug-likeness (QED) is 0.103. The van der Waals surface area contributed by atoms with Crippen molar-refractivity contribution in [1.29, 1.82) is 0 Å². The maximum Gasteiger partial charge on any atom is 0.211 e. The van der Waals surface area contributed by atoms with Crippen LogP contribution in [0.4, 0.5) is 0 Å². The second kappa shape index (κ2) is 19.2. The zero-order chi connectivity index (χ0) is 45.2. The minimum absolute atomic E-state index is 0.296. The summed E-state index contributed by atoms with van der Waals surface area (Å²) in [4.78, 5) is 0. The minimum Gasteiger partial charge on any atom is -0.484 e. The van der Waals surface area contributed by atoms with Crippen LogP contribution in [-0.4, -0.2) is 0 Å². The average molecular weight is 833 g/mol. The van der Waals surface area contributed by atoms with Gasteiger partial charge in [0.15, 0.2) is 11.5 Å². The van der Waals surface area contributed by atoms with Crippen molar-refractivity contribution in [2.75, 3.05) is 0 Å². The van der Waals surface area contributed by atoms with Crippen LogP contribution < -0.4 is 23.7 Å². The molecule has 0 radical (unpaired) electrons. The van der Waals surface area contributed by atoms with Crippen molar-refractivity contribution in [1.82, 2.24) is 0 Å². The molecular formula is C57H68O5. The molecule has 0 saturated carbocycles. The van der Waals surface area contributed by atoms with Crippen molar-refractivity contribution >= 4 is 0 Å². The zero-order valence-corrected chi connectivity index (χ0v) is 40.4. The molecule has 6 aromatic carbocycles. The summed E-state index contributed by atoms with van der Waals surface area (Å²) in [6.45, 7) is 35.8. The van der Waals surface area contributed by atoms with Gasteiger partial charge in [0.2, 0.25) is 17.2 Å². The van der Waals surface area contributed by atoms with Crippen LogP contribution in [-0.2, 0) is 33.0 Å². The molecule has 0 atom stereocenters. The van der Waals surface area contributed by atoms with Gasteiger partial charge >= 0.3 is 0 Å². The van der Waals surface area contributed by atoms with Crippen LogP contribution in [0, 0.1) is 111 Å². The summed E-state index contributed by atoms with van der Waals surface area (Å²) in [5, 5.41) is 0. The van der Waals surface area contributed by atoms with Crippen molar-refractivity contribution < 1.29 is 23.7 Å². The lowest BCUT2D eigenvalue weighted by Crippen LogP contribution is -2.12. The maximum atomic E-state index is 7.15. The summed E-state index contributed by atoms with van der Waals surface area (Å²) in [6.07, 6.45) is 0. The molecule has 6 aromatic rings. The standard InChI is InChI=1S/C57H68O5/c1-32-17-37(6)48(38(7)18-32)27-58-53-47(16)54(59-28-49-39(8)19-33(2)20-40(49)9)56(61-30-51-43(12)23-35(4)24-44(51)13)57(62-31-52-45(14)25-36(5)26-46(52)15)55(53)60-29-50-41(10)21-34(3)22-42(50)11/h17-26H,27-31H2,1-16H3. The van der Waals surface area contributed by atoms with E-state index in [1.807, 2.05) is 0 Å². The van der Waals surface area contributed by atoms with Crippen molar-refractivity contribution in [3.63, 3.8) is 0 Å². The lowest BCUT2D eigenvalue weighted by Gasteiger charge is -2.27. The molecular weight excluding hydrogens is 765 g/mol. The Morgan fingerprint density at radius 2 is 0.371 bits per heavy atom. The third-order valence-corrected chi connectivity index (χ3v) is 12.5. The summed E-state index contributed by atoms with van der Waals surface area (Å²) in [5.74, 6) is 2.59. The van der Waals surface area contributed by atoms with Crippen molar-refractivity contribution in [3.05, 3.63) is 177 Å². The molecule has 0 aliphatic carbocycles. The first-order valence-electron chi connectivity index (χ1n) is 22.0. The third kappa shape index (κ3) is 10.2.